The van der Waals surface area contributed by atoms with Crippen molar-refractivity contribution in [3.8, 4) is 0 Å². The van der Waals surface area contributed by atoms with Gasteiger partial charge in [0.15, 0.2) is 0 Å². The molecular weight excluding hydrogens is 234 g/mol. The normalized spacial score (nSPS) is 13.8. The van der Waals surface area contributed by atoms with Crippen molar-refractivity contribution >= 4 is 21.6 Å². The first-order valence-electron chi connectivity index (χ1n) is 4.73. The van der Waals surface area contributed by atoms with Crippen LogP contribution in [-0.2, 0) is 10.0 Å². The molecule has 15 heavy (non-hydrogen) atoms. The standard InChI is InChI=1S/C10H14ClNO2S/c1-3-8(2)12-15(13,14)10-6-4-9(11)5-7-10/h4-8,12H,3H2,1-2H3/t8-/m1/s1. The van der Waals surface area contributed by atoms with E-state index in [9.17, 15) is 8.42 Å². The number of sulfonamides is 1. The zero-order valence-corrected chi connectivity index (χ0v) is 10.3. The Bertz CT molecular complexity index is 414. The van der Waals surface area contributed by atoms with E-state index in [0.29, 0.717) is 5.02 Å². The molecule has 1 rings (SSSR count). The quantitative estimate of drug-likeness (QED) is 0.888. The lowest BCUT2D eigenvalue weighted by molar-refractivity contribution is 0.556. The summed E-state index contributed by atoms with van der Waals surface area (Å²) in [6.45, 7) is 3.75. The number of benzene rings is 1. The van der Waals surface area contributed by atoms with Crippen LogP contribution in [-0.4, -0.2) is 14.5 Å². The van der Waals surface area contributed by atoms with Gasteiger partial charge in [0.2, 0.25) is 10.0 Å². The highest BCUT2D eigenvalue weighted by atomic mass is 35.5. The van der Waals surface area contributed by atoms with Gasteiger partial charge in [0, 0.05) is 11.1 Å². The molecule has 0 saturated heterocycles. The Balaban J connectivity index is 2.91. The smallest absolute Gasteiger partial charge is 0.208 e. The Morgan fingerprint density at radius 3 is 2.33 bits per heavy atom. The summed E-state index contributed by atoms with van der Waals surface area (Å²) in [7, 11) is -3.40. The van der Waals surface area contributed by atoms with E-state index in [0.717, 1.165) is 6.42 Å². The SMILES string of the molecule is CC[C@@H](C)NS(=O)(=O)c1ccc(Cl)cc1. The summed E-state index contributed by atoms with van der Waals surface area (Å²) in [5.41, 5.74) is 0. The highest BCUT2D eigenvalue weighted by Crippen LogP contribution is 2.14. The molecule has 0 aliphatic carbocycles. The Hall–Kier alpha value is -0.580. The average molecular weight is 248 g/mol. The molecule has 1 aromatic rings. The van der Waals surface area contributed by atoms with Crippen LogP contribution < -0.4 is 4.72 Å². The molecule has 0 aromatic heterocycles. The van der Waals surface area contributed by atoms with Gasteiger partial charge in [-0.1, -0.05) is 18.5 Å². The third-order valence-electron chi connectivity index (χ3n) is 2.09. The van der Waals surface area contributed by atoms with Gasteiger partial charge in [-0.15, -0.1) is 0 Å². The molecule has 0 radical (unpaired) electrons. The summed E-state index contributed by atoms with van der Waals surface area (Å²) in [4.78, 5) is 0.243. The molecule has 0 heterocycles. The van der Waals surface area contributed by atoms with Crippen molar-refractivity contribution in [1.29, 1.82) is 0 Å². The van der Waals surface area contributed by atoms with E-state index < -0.39 is 10.0 Å². The van der Waals surface area contributed by atoms with Crippen molar-refractivity contribution in [3.05, 3.63) is 29.3 Å². The summed E-state index contributed by atoms with van der Waals surface area (Å²) in [6, 6.07) is 6.05. The number of hydrogen-bond acceptors (Lipinski definition) is 2. The minimum atomic E-state index is -3.40. The highest BCUT2D eigenvalue weighted by molar-refractivity contribution is 7.89. The predicted octanol–water partition coefficient (Wildman–Crippen LogP) is 2.42. The Kier molecular flexibility index (Phi) is 4.13. The molecular formula is C10H14ClNO2S. The molecule has 0 unspecified atom stereocenters. The minimum Gasteiger partial charge on any atom is -0.208 e. The minimum absolute atomic E-state index is 0.0642. The number of rotatable bonds is 4. The lowest BCUT2D eigenvalue weighted by atomic mass is 10.3. The maximum Gasteiger partial charge on any atom is 0.240 e. The maximum atomic E-state index is 11.8. The molecule has 0 saturated carbocycles. The number of halogens is 1. The van der Waals surface area contributed by atoms with Crippen LogP contribution in [0.2, 0.25) is 5.02 Å². The molecule has 0 aliphatic rings. The lowest BCUT2D eigenvalue weighted by Gasteiger charge is -2.11. The van der Waals surface area contributed by atoms with Crippen molar-refractivity contribution in [2.24, 2.45) is 0 Å². The van der Waals surface area contributed by atoms with E-state index >= 15 is 0 Å². The molecule has 1 aromatic carbocycles. The zero-order chi connectivity index (χ0) is 11.5. The molecule has 0 aliphatic heterocycles. The molecule has 1 N–H and O–H groups in total. The fourth-order valence-corrected chi connectivity index (χ4v) is 2.48. The van der Waals surface area contributed by atoms with Crippen LogP contribution in [0.4, 0.5) is 0 Å². The van der Waals surface area contributed by atoms with Crippen molar-refractivity contribution < 1.29 is 8.42 Å². The zero-order valence-electron chi connectivity index (χ0n) is 8.70. The van der Waals surface area contributed by atoms with Crippen LogP contribution in [0.5, 0.6) is 0 Å². The Labute approximate surface area is 95.5 Å². The van der Waals surface area contributed by atoms with E-state index in [-0.39, 0.29) is 10.9 Å². The molecule has 0 fully saturated rings. The predicted molar refractivity (Wildman–Crippen MR) is 61.5 cm³/mol. The van der Waals surface area contributed by atoms with Crippen LogP contribution >= 0.6 is 11.6 Å². The highest BCUT2D eigenvalue weighted by Gasteiger charge is 2.15. The summed E-state index contributed by atoms with van der Waals surface area (Å²) < 4.78 is 26.1. The van der Waals surface area contributed by atoms with Crippen LogP contribution in [0.25, 0.3) is 0 Å². The molecule has 5 heteroatoms. The van der Waals surface area contributed by atoms with Gasteiger partial charge in [0.25, 0.3) is 0 Å². The van der Waals surface area contributed by atoms with Crippen LogP contribution in [0.1, 0.15) is 20.3 Å². The van der Waals surface area contributed by atoms with Gasteiger partial charge in [0.05, 0.1) is 4.90 Å². The van der Waals surface area contributed by atoms with Gasteiger partial charge < -0.3 is 0 Å². The van der Waals surface area contributed by atoms with E-state index in [1.54, 1.807) is 12.1 Å². The van der Waals surface area contributed by atoms with Gasteiger partial charge >= 0.3 is 0 Å². The third-order valence-corrected chi connectivity index (χ3v) is 3.95. The van der Waals surface area contributed by atoms with Crippen LogP contribution in [0, 0.1) is 0 Å². The molecule has 0 spiro atoms. The Morgan fingerprint density at radius 1 is 1.33 bits per heavy atom. The maximum absolute atomic E-state index is 11.8. The first-order valence-corrected chi connectivity index (χ1v) is 6.59. The molecule has 84 valence electrons. The van der Waals surface area contributed by atoms with Crippen LogP contribution in [0.15, 0.2) is 29.2 Å². The van der Waals surface area contributed by atoms with E-state index in [2.05, 4.69) is 4.72 Å². The van der Waals surface area contributed by atoms with E-state index in [1.165, 1.54) is 12.1 Å². The topological polar surface area (TPSA) is 46.2 Å². The van der Waals surface area contributed by atoms with Gasteiger partial charge in [-0.05, 0) is 37.6 Å². The first-order chi connectivity index (χ1) is 6.95. The van der Waals surface area contributed by atoms with Crippen molar-refractivity contribution in [2.75, 3.05) is 0 Å². The molecule has 0 bridgehead atoms. The summed E-state index contributed by atoms with van der Waals surface area (Å²) in [5.74, 6) is 0. The van der Waals surface area contributed by atoms with Crippen LogP contribution in [0.3, 0.4) is 0 Å². The second kappa shape index (κ2) is 4.96. The van der Waals surface area contributed by atoms with E-state index in [1.807, 2.05) is 13.8 Å². The first kappa shape index (κ1) is 12.5. The van der Waals surface area contributed by atoms with Gasteiger partial charge in [-0.2, -0.15) is 0 Å². The van der Waals surface area contributed by atoms with Gasteiger partial charge in [-0.3, -0.25) is 0 Å². The fraction of sp³-hybridized carbons (Fsp3) is 0.400. The Morgan fingerprint density at radius 2 is 1.87 bits per heavy atom. The lowest BCUT2D eigenvalue weighted by Crippen LogP contribution is -2.31. The van der Waals surface area contributed by atoms with Crippen molar-refractivity contribution in [3.63, 3.8) is 0 Å². The molecule has 3 nitrogen and oxygen atoms in total. The summed E-state index contributed by atoms with van der Waals surface area (Å²) in [6.07, 6.45) is 0.757. The second-order valence-electron chi connectivity index (χ2n) is 3.38. The van der Waals surface area contributed by atoms with Gasteiger partial charge in [-0.25, -0.2) is 13.1 Å². The summed E-state index contributed by atoms with van der Waals surface area (Å²) >= 11 is 5.68. The summed E-state index contributed by atoms with van der Waals surface area (Å²) in [5, 5.41) is 0.525. The monoisotopic (exact) mass is 247 g/mol. The van der Waals surface area contributed by atoms with Gasteiger partial charge in [0.1, 0.15) is 0 Å². The average Bonchev–Trinajstić information content (AvgIpc) is 2.17. The van der Waals surface area contributed by atoms with Crippen molar-refractivity contribution in [2.45, 2.75) is 31.2 Å². The third kappa shape index (κ3) is 3.48. The number of hydrogen-bond donors (Lipinski definition) is 1. The number of nitrogens with one attached hydrogen (secondary N) is 1. The van der Waals surface area contributed by atoms with Crippen molar-refractivity contribution in [1.82, 2.24) is 4.72 Å². The molecule has 0 amide bonds. The largest absolute Gasteiger partial charge is 0.240 e. The molecule has 1 atom stereocenters. The van der Waals surface area contributed by atoms with E-state index in [4.69, 9.17) is 11.6 Å². The fourth-order valence-electron chi connectivity index (χ4n) is 1.03. The second-order valence-corrected chi connectivity index (χ2v) is 5.53.